The molecule has 4 aromatic heterocycles. The highest BCUT2D eigenvalue weighted by Gasteiger charge is 2.30. The largest absolute Gasteiger partial charge is 0.490 e. The van der Waals surface area contributed by atoms with Crippen LogP contribution >= 0.6 is 11.3 Å². The maximum absolute atomic E-state index is 15.8. The van der Waals surface area contributed by atoms with Gasteiger partial charge >= 0.3 is 0 Å². The van der Waals surface area contributed by atoms with Gasteiger partial charge in [0.1, 0.15) is 41.2 Å². The molecule has 0 saturated heterocycles. The van der Waals surface area contributed by atoms with Crippen LogP contribution in [-0.4, -0.2) is 60.4 Å². The molecule has 0 radical (unpaired) electrons. The predicted molar refractivity (Wildman–Crippen MR) is 155 cm³/mol. The fourth-order valence-electron chi connectivity index (χ4n) is 5.24. The number of rotatable bonds is 7. The summed E-state index contributed by atoms with van der Waals surface area (Å²) >= 11 is 1.37. The number of aryl methyl sites for hydroxylation is 1. The molecule has 0 fully saturated rings. The first-order chi connectivity index (χ1) is 20.3. The van der Waals surface area contributed by atoms with Gasteiger partial charge in [0.25, 0.3) is 0 Å². The maximum Gasteiger partial charge on any atom is 0.246 e. The van der Waals surface area contributed by atoms with Crippen LogP contribution < -0.4 is 4.74 Å². The van der Waals surface area contributed by atoms with Crippen molar-refractivity contribution in [2.75, 3.05) is 19.8 Å². The van der Waals surface area contributed by atoms with Crippen LogP contribution in [0, 0.1) is 18.6 Å². The van der Waals surface area contributed by atoms with Gasteiger partial charge in [0, 0.05) is 52.3 Å². The zero-order valence-corrected chi connectivity index (χ0v) is 23.7. The van der Waals surface area contributed by atoms with E-state index in [2.05, 4.69) is 16.5 Å². The lowest BCUT2D eigenvalue weighted by molar-refractivity contribution is -0.127. The highest BCUT2D eigenvalue weighted by Crippen LogP contribution is 2.47. The van der Waals surface area contributed by atoms with E-state index in [1.807, 2.05) is 29.1 Å². The van der Waals surface area contributed by atoms with E-state index in [0.717, 1.165) is 23.2 Å². The van der Waals surface area contributed by atoms with Gasteiger partial charge in [0.2, 0.25) is 5.91 Å². The average molecular weight is 589 g/mol. The number of carbonyl (C=O) groups is 1. The van der Waals surface area contributed by atoms with E-state index >= 15 is 4.39 Å². The number of aliphatic hydroxyl groups excluding tert-OH is 1. The highest BCUT2D eigenvalue weighted by molar-refractivity contribution is 7.18. The van der Waals surface area contributed by atoms with Gasteiger partial charge in [-0.3, -0.25) is 9.48 Å². The zero-order chi connectivity index (χ0) is 29.5. The second-order valence-corrected chi connectivity index (χ2v) is 10.9. The van der Waals surface area contributed by atoms with E-state index in [0.29, 0.717) is 51.8 Å². The summed E-state index contributed by atoms with van der Waals surface area (Å²) in [6.07, 6.45) is 4.64. The number of ether oxygens (including phenoxy) is 1. The molecule has 1 N–H and O–H groups in total. The number of hydrogen-bond acceptors (Lipinski definition) is 8. The molecular weight excluding hydrogens is 562 g/mol. The number of aliphatic hydroxyl groups is 1. The zero-order valence-electron chi connectivity index (χ0n) is 22.8. The summed E-state index contributed by atoms with van der Waals surface area (Å²) in [7, 11) is 0. The Morgan fingerprint density at radius 1 is 1.21 bits per heavy atom. The number of thiophene rings is 1. The quantitative estimate of drug-likeness (QED) is 0.256. The number of pyridine rings is 1. The molecule has 0 bridgehead atoms. The van der Waals surface area contributed by atoms with E-state index in [9.17, 15) is 14.3 Å². The van der Waals surface area contributed by atoms with Gasteiger partial charge in [-0.2, -0.15) is 5.10 Å². The van der Waals surface area contributed by atoms with Crippen LogP contribution in [0.2, 0.25) is 0 Å². The van der Waals surface area contributed by atoms with Crippen molar-refractivity contribution in [3.8, 4) is 39.5 Å². The van der Waals surface area contributed by atoms with Gasteiger partial charge in [0.15, 0.2) is 0 Å². The highest BCUT2D eigenvalue weighted by atomic mass is 32.1. The Morgan fingerprint density at radius 2 is 2.00 bits per heavy atom. The van der Waals surface area contributed by atoms with Crippen LogP contribution in [0.3, 0.4) is 0 Å². The van der Waals surface area contributed by atoms with Crippen molar-refractivity contribution >= 4 is 27.3 Å². The van der Waals surface area contributed by atoms with Crippen molar-refractivity contribution < 1.29 is 23.4 Å². The Hall–Kier alpha value is -4.55. The van der Waals surface area contributed by atoms with Gasteiger partial charge in [-0.25, -0.2) is 23.7 Å². The maximum atomic E-state index is 15.8. The Bertz CT molecular complexity index is 1840. The van der Waals surface area contributed by atoms with Gasteiger partial charge in [0.05, 0.1) is 36.1 Å². The summed E-state index contributed by atoms with van der Waals surface area (Å²) < 4.78 is 38.4. The number of benzene rings is 1. The third-order valence-electron chi connectivity index (χ3n) is 7.08. The molecule has 0 saturated carbocycles. The Kier molecular flexibility index (Phi) is 7.25. The number of aromatic nitrogens is 5. The monoisotopic (exact) mass is 588 g/mol. The van der Waals surface area contributed by atoms with Gasteiger partial charge in [-0.05, 0) is 37.4 Å². The molecule has 1 aliphatic heterocycles. The van der Waals surface area contributed by atoms with Gasteiger partial charge in [-0.15, -0.1) is 11.3 Å². The molecule has 6 rings (SSSR count). The Morgan fingerprint density at radius 3 is 2.74 bits per heavy atom. The normalized spacial score (nSPS) is 14.7. The first-order valence-corrected chi connectivity index (χ1v) is 14.1. The number of halogens is 2. The number of amides is 1. The van der Waals surface area contributed by atoms with E-state index < -0.39 is 11.6 Å². The van der Waals surface area contributed by atoms with Crippen molar-refractivity contribution in [3.05, 3.63) is 77.8 Å². The molecule has 42 heavy (non-hydrogen) atoms. The van der Waals surface area contributed by atoms with Gasteiger partial charge in [-0.1, -0.05) is 6.58 Å². The number of carbonyl (C=O) groups excluding carboxylic acids is 1. The number of hydrogen-bond donors (Lipinski definition) is 1. The average Bonchev–Trinajstić information content (AvgIpc) is 3.64. The lowest BCUT2D eigenvalue weighted by Gasteiger charge is -2.31. The van der Waals surface area contributed by atoms with Crippen LogP contribution in [-0.2, 0) is 11.3 Å². The Labute approximate surface area is 243 Å². The van der Waals surface area contributed by atoms with E-state index in [-0.39, 0.29) is 36.5 Å². The SMILES string of the molecule is C=CC(=O)N1Cc2cc(-c3nc(-c4cnc(C)nc4)c4ccsc4c3-c3c(F)cc(F)cc3OCCO)nn2[C@@H](C)C1. The minimum atomic E-state index is -0.841. The second-order valence-electron chi connectivity index (χ2n) is 9.94. The summed E-state index contributed by atoms with van der Waals surface area (Å²) in [5.74, 6) is -1.30. The molecule has 5 heterocycles. The number of fused-ring (bicyclic) bond motifs is 2. The standard InChI is InChI=1S/C30H26F2N6O3S/c1-4-25(40)37-14-16(2)38-20(15-37)11-23(36-38)29-27(26-22(32)9-19(31)10-24(26)41-7-6-39)30-21(5-8-42-30)28(35-29)18-12-33-17(3)34-13-18/h4-5,8-13,16,39H,1,6-7,14-15H2,2-3H3/t16-/m0/s1. The molecule has 214 valence electrons. The molecule has 1 amide bonds. The lowest BCUT2D eigenvalue weighted by Crippen LogP contribution is -2.39. The molecule has 1 aromatic carbocycles. The summed E-state index contributed by atoms with van der Waals surface area (Å²) in [6.45, 7) is 7.61. The topological polar surface area (TPSA) is 106 Å². The van der Waals surface area contributed by atoms with Crippen molar-refractivity contribution in [1.29, 1.82) is 0 Å². The van der Waals surface area contributed by atoms with E-state index in [4.69, 9.17) is 14.8 Å². The summed E-state index contributed by atoms with van der Waals surface area (Å²) in [4.78, 5) is 27.8. The lowest BCUT2D eigenvalue weighted by atomic mass is 9.97. The van der Waals surface area contributed by atoms with Crippen molar-refractivity contribution in [2.24, 2.45) is 0 Å². The molecule has 0 unspecified atom stereocenters. The molecular formula is C30H26F2N6O3S. The van der Waals surface area contributed by atoms with Crippen molar-refractivity contribution in [1.82, 2.24) is 29.6 Å². The Balaban J connectivity index is 1.65. The van der Waals surface area contributed by atoms with Crippen molar-refractivity contribution in [2.45, 2.75) is 26.4 Å². The van der Waals surface area contributed by atoms with E-state index in [1.54, 1.807) is 24.2 Å². The molecule has 0 aliphatic carbocycles. The first-order valence-electron chi connectivity index (χ1n) is 13.2. The van der Waals surface area contributed by atoms with Crippen LogP contribution in [0.15, 0.2) is 54.7 Å². The summed E-state index contributed by atoms with van der Waals surface area (Å²) in [5, 5.41) is 16.9. The van der Waals surface area contributed by atoms with Crippen LogP contribution in [0.5, 0.6) is 5.75 Å². The minimum Gasteiger partial charge on any atom is -0.490 e. The molecule has 5 aromatic rings. The van der Waals surface area contributed by atoms with Crippen LogP contribution in [0.1, 0.15) is 24.5 Å². The third-order valence-corrected chi connectivity index (χ3v) is 8.01. The van der Waals surface area contributed by atoms with Crippen molar-refractivity contribution in [3.63, 3.8) is 0 Å². The molecule has 1 aliphatic rings. The third kappa shape index (κ3) is 4.82. The molecule has 9 nitrogen and oxygen atoms in total. The second kappa shape index (κ2) is 11.0. The smallest absolute Gasteiger partial charge is 0.246 e. The first kappa shape index (κ1) is 27.6. The molecule has 0 spiro atoms. The molecule has 1 atom stereocenters. The summed E-state index contributed by atoms with van der Waals surface area (Å²) in [6, 6.07) is 5.46. The van der Waals surface area contributed by atoms with Gasteiger partial charge < -0.3 is 14.7 Å². The summed E-state index contributed by atoms with van der Waals surface area (Å²) in [5.41, 5.74) is 3.19. The van der Waals surface area contributed by atoms with E-state index in [1.165, 1.54) is 17.4 Å². The molecule has 12 heteroatoms. The fourth-order valence-corrected chi connectivity index (χ4v) is 6.19. The predicted octanol–water partition coefficient (Wildman–Crippen LogP) is 5.33. The minimum absolute atomic E-state index is 0.00832. The number of nitrogens with zero attached hydrogens (tertiary/aromatic N) is 6. The van der Waals surface area contributed by atoms with Crippen LogP contribution in [0.25, 0.3) is 43.9 Å². The van der Waals surface area contributed by atoms with Crippen LogP contribution in [0.4, 0.5) is 8.78 Å². The fraction of sp³-hybridized carbons (Fsp3) is 0.233.